The van der Waals surface area contributed by atoms with E-state index in [1.807, 2.05) is 20.8 Å². The van der Waals surface area contributed by atoms with Gasteiger partial charge >= 0.3 is 6.09 Å². The van der Waals surface area contributed by atoms with Crippen LogP contribution in [-0.2, 0) is 20.9 Å². The Balaban J connectivity index is 2.22. The molecule has 1 aromatic carbocycles. The number of nitrogens with zero attached hydrogens (tertiary/aromatic N) is 1. The molecule has 0 radical (unpaired) electrons. The van der Waals surface area contributed by atoms with Crippen molar-refractivity contribution in [2.24, 2.45) is 5.41 Å². The lowest BCUT2D eigenvalue weighted by atomic mass is 9.79. The number of carbonyl (C=O) groups is 3. The molecule has 3 N–H and O–H groups in total. The van der Waals surface area contributed by atoms with Gasteiger partial charge in [-0.15, -0.1) is 6.42 Å². The van der Waals surface area contributed by atoms with Gasteiger partial charge in [0.2, 0.25) is 11.8 Å². The molecule has 0 spiro atoms. The molecule has 0 saturated carbocycles. The summed E-state index contributed by atoms with van der Waals surface area (Å²) in [5.74, 6) is 1.65. The van der Waals surface area contributed by atoms with Crippen molar-refractivity contribution in [2.75, 3.05) is 6.54 Å². The van der Waals surface area contributed by atoms with Gasteiger partial charge in [0.25, 0.3) is 0 Å². The first-order valence-corrected chi connectivity index (χ1v) is 12.6. The normalized spacial score (nSPS) is 18.8. The number of aliphatic hydroxyl groups is 1. The van der Waals surface area contributed by atoms with Crippen molar-refractivity contribution >= 4 is 29.5 Å². The van der Waals surface area contributed by atoms with Gasteiger partial charge in [-0.2, -0.15) is 0 Å². The van der Waals surface area contributed by atoms with Gasteiger partial charge in [0.1, 0.15) is 17.7 Å². The highest BCUT2D eigenvalue weighted by Crippen LogP contribution is 2.31. The second kappa shape index (κ2) is 12.0. The van der Waals surface area contributed by atoms with E-state index < -0.39 is 47.1 Å². The predicted molar refractivity (Wildman–Crippen MR) is 139 cm³/mol. The SMILES string of the molecule is C#Cc1ccc(CNC(=O)[C@@H]2C[C@@H](O)CN2C(=O)[C@H](NC(=O)OC(C)(C)C)C(C)(C)CCC)c(Cl)c1. The topological polar surface area (TPSA) is 108 Å². The van der Waals surface area contributed by atoms with Gasteiger partial charge in [-0.1, -0.05) is 50.8 Å². The Labute approximate surface area is 219 Å². The Bertz CT molecular complexity index is 1010. The summed E-state index contributed by atoms with van der Waals surface area (Å²) in [6.07, 6.45) is 5.35. The van der Waals surface area contributed by atoms with Crippen LogP contribution in [0.2, 0.25) is 5.02 Å². The van der Waals surface area contributed by atoms with Crippen molar-refractivity contribution in [2.45, 2.75) is 91.1 Å². The van der Waals surface area contributed by atoms with Crippen LogP contribution in [0.25, 0.3) is 0 Å². The van der Waals surface area contributed by atoms with Crippen LogP contribution >= 0.6 is 11.6 Å². The zero-order valence-corrected chi connectivity index (χ0v) is 22.7. The van der Waals surface area contributed by atoms with E-state index in [2.05, 4.69) is 16.6 Å². The minimum atomic E-state index is -0.946. The first kappa shape index (κ1) is 29.5. The Kier molecular flexibility index (Phi) is 9.81. The standard InChI is InChI=1S/C27H38ClN3O5/c1-8-12-27(6,7)22(30-25(35)36-26(3,4)5)24(34)31-16-19(32)14-21(31)23(33)29-15-18-11-10-17(9-2)13-20(18)28/h2,10-11,13,19,21-22,32H,8,12,14-16H2,1,3-7H3,(H,29,33)(H,30,35)/t19-,21+,22+/m1/s1. The third-order valence-electron chi connectivity index (χ3n) is 6.12. The maximum atomic E-state index is 13.8. The number of likely N-dealkylation sites (tertiary alicyclic amines) is 1. The molecule has 1 fully saturated rings. The molecule has 1 saturated heterocycles. The highest BCUT2D eigenvalue weighted by Gasteiger charge is 2.45. The minimum absolute atomic E-state index is 0.0107. The number of rotatable bonds is 8. The van der Waals surface area contributed by atoms with Gasteiger partial charge in [-0.3, -0.25) is 9.59 Å². The number of nitrogens with one attached hydrogen (secondary N) is 2. The number of ether oxygens (including phenoxy) is 1. The van der Waals surface area contributed by atoms with Crippen molar-refractivity contribution in [3.05, 3.63) is 34.3 Å². The Morgan fingerprint density at radius 3 is 2.50 bits per heavy atom. The summed E-state index contributed by atoms with van der Waals surface area (Å²) >= 11 is 6.27. The molecular formula is C27H38ClN3O5. The van der Waals surface area contributed by atoms with Crippen molar-refractivity contribution in [1.29, 1.82) is 0 Å². The second-order valence-electron chi connectivity index (χ2n) is 10.9. The molecule has 3 amide bonds. The summed E-state index contributed by atoms with van der Waals surface area (Å²) < 4.78 is 5.39. The number of halogens is 1. The predicted octanol–water partition coefficient (Wildman–Crippen LogP) is 3.62. The summed E-state index contributed by atoms with van der Waals surface area (Å²) in [5, 5.41) is 16.3. The molecule has 1 heterocycles. The number of hydrogen-bond acceptors (Lipinski definition) is 5. The van der Waals surface area contributed by atoms with Crippen molar-refractivity contribution in [3.8, 4) is 12.3 Å². The van der Waals surface area contributed by atoms with E-state index in [0.717, 1.165) is 6.42 Å². The number of aliphatic hydroxyl groups excluding tert-OH is 1. The molecule has 9 heteroatoms. The molecule has 0 bridgehead atoms. The average Bonchev–Trinajstić information content (AvgIpc) is 3.16. The molecule has 1 aromatic rings. The number of carbonyl (C=O) groups excluding carboxylic acids is 3. The van der Waals surface area contributed by atoms with Crippen LogP contribution in [0.3, 0.4) is 0 Å². The van der Waals surface area contributed by atoms with Crippen LogP contribution in [-0.4, -0.2) is 58.2 Å². The summed E-state index contributed by atoms with van der Waals surface area (Å²) in [7, 11) is 0. The van der Waals surface area contributed by atoms with Crippen LogP contribution in [0.5, 0.6) is 0 Å². The molecule has 0 aromatic heterocycles. The maximum Gasteiger partial charge on any atom is 0.408 e. The summed E-state index contributed by atoms with van der Waals surface area (Å²) in [5.41, 5.74) is -0.0553. The van der Waals surface area contributed by atoms with Gasteiger partial charge in [0, 0.05) is 30.1 Å². The Morgan fingerprint density at radius 1 is 1.28 bits per heavy atom. The molecular weight excluding hydrogens is 482 g/mol. The lowest BCUT2D eigenvalue weighted by Crippen LogP contribution is -2.58. The van der Waals surface area contributed by atoms with Crippen LogP contribution in [0.4, 0.5) is 4.79 Å². The summed E-state index contributed by atoms with van der Waals surface area (Å²) in [6.45, 7) is 11.1. The second-order valence-corrected chi connectivity index (χ2v) is 11.3. The van der Waals surface area contributed by atoms with Gasteiger partial charge < -0.3 is 25.4 Å². The highest BCUT2D eigenvalue weighted by molar-refractivity contribution is 6.31. The third-order valence-corrected chi connectivity index (χ3v) is 6.47. The fraction of sp³-hybridized carbons (Fsp3) is 0.593. The molecule has 1 aliphatic heterocycles. The average molecular weight is 520 g/mol. The van der Waals surface area contributed by atoms with Crippen LogP contribution in [0, 0.1) is 17.8 Å². The summed E-state index contributed by atoms with van der Waals surface area (Å²) in [6, 6.07) is 3.26. The molecule has 1 aliphatic rings. The number of β-amino-alcohol motifs (C(OH)–C–C–N with tert-alkyl or cyclic N) is 1. The van der Waals surface area contributed by atoms with E-state index >= 15 is 0 Å². The quantitative estimate of drug-likeness (QED) is 0.455. The van der Waals surface area contributed by atoms with Gasteiger partial charge in [0.05, 0.1) is 6.10 Å². The van der Waals surface area contributed by atoms with Crippen LogP contribution in [0.1, 0.15) is 71.9 Å². The molecule has 0 unspecified atom stereocenters. The molecule has 198 valence electrons. The highest BCUT2D eigenvalue weighted by atomic mass is 35.5. The Hall–Kier alpha value is -2.76. The number of hydrogen-bond donors (Lipinski definition) is 3. The lowest BCUT2D eigenvalue weighted by Gasteiger charge is -2.37. The summed E-state index contributed by atoms with van der Waals surface area (Å²) in [4.78, 5) is 40.8. The van der Waals surface area contributed by atoms with Gasteiger partial charge in [-0.25, -0.2) is 4.79 Å². The van der Waals surface area contributed by atoms with E-state index in [-0.39, 0.29) is 19.5 Å². The van der Waals surface area contributed by atoms with E-state index in [0.29, 0.717) is 22.6 Å². The maximum absolute atomic E-state index is 13.8. The van der Waals surface area contributed by atoms with E-state index in [1.165, 1.54) is 4.90 Å². The van der Waals surface area contributed by atoms with Crippen molar-refractivity contribution in [1.82, 2.24) is 15.5 Å². The van der Waals surface area contributed by atoms with Gasteiger partial charge in [0.15, 0.2) is 0 Å². The van der Waals surface area contributed by atoms with Crippen molar-refractivity contribution < 1.29 is 24.2 Å². The van der Waals surface area contributed by atoms with E-state index in [9.17, 15) is 19.5 Å². The first-order valence-electron chi connectivity index (χ1n) is 12.2. The zero-order chi connectivity index (χ0) is 27.3. The smallest absolute Gasteiger partial charge is 0.408 e. The van der Waals surface area contributed by atoms with Crippen LogP contribution in [0.15, 0.2) is 18.2 Å². The largest absolute Gasteiger partial charge is 0.444 e. The Morgan fingerprint density at radius 2 is 1.94 bits per heavy atom. The van der Waals surface area contributed by atoms with E-state index in [4.69, 9.17) is 22.8 Å². The lowest BCUT2D eigenvalue weighted by molar-refractivity contribution is -0.142. The molecule has 8 nitrogen and oxygen atoms in total. The third kappa shape index (κ3) is 7.87. The number of alkyl carbamates (subject to hydrolysis) is 1. The first-order chi connectivity index (χ1) is 16.7. The fourth-order valence-corrected chi connectivity index (χ4v) is 4.61. The molecule has 2 rings (SSSR count). The monoisotopic (exact) mass is 519 g/mol. The minimum Gasteiger partial charge on any atom is -0.444 e. The molecule has 3 atom stereocenters. The number of amides is 3. The molecule has 0 aliphatic carbocycles. The molecule has 36 heavy (non-hydrogen) atoms. The van der Waals surface area contributed by atoms with Crippen LogP contribution < -0.4 is 10.6 Å². The number of benzene rings is 1. The zero-order valence-electron chi connectivity index (χ0n) is 22.0. The van der Waals surface area contributed by atoms with E-state index in [1.54, 1.807) is 39.0 Å². The van der Waals surface area contributed by atoms with Crippen molar-refractivity contribution in [3.63, 3.8) is 0 Å². The fourth-order valence-electron chi connectivity index (χ4n) is 4.36. The van der Waals surface area contributed by atoms with Gasteiger partial charge in [-0.05, 0) is 50.3 Å². The number of terminal acetylenes is 1.